The first-order chi connectivity index (χ1) is 19.4. The standard InChI is InChI=1S/C30H36ClN7O2/c1-4-5-12-26-32-27(31)25(20-40-29(39)30(37(2)3)17-8-9-18-30)38(26)19-21-13-15-22(16-14-21)23-10-6-7-11-24(23)28-33-35-36-34-28/h6-7,10-11,13-16H,4-5,8-9,12,17-20H2,1-3H3,(H,33,34,35,36). The van der Waals surface area contributed by atoms with Crippen LogP contribution in [0, 0.1) is 0 Å². The molecule has 9 nitrogen and oxygen atoms in total. The van der Waals surface area contributed by atoms with Crippen LogP contribution < -0.4 is 0 Å². The Morgan fingerprint density at radius 2 is 1.82 bits per heavy atom. The number of imidazole rings is 1. The molecule has 5 rings (SSSR count). The third kappa shape index (κ3) is 5.67. The number of unbranched alkanes of at least 4 members (excludes halogenated alkanes) is 1. The average molecular weight is 562 g/mol. The van der Waals surface area contributed by atoms with E-state index in [1.165, 1.54) is 0 Å². The second kappa shape index (κ2) is 12.3. The van der Waals surface area contributed by atoms with E-state index in [0.717, 1.165) is 78.7 Å². The van der Waals surface area contributed by atoms with E-state index in [1.807, 2.05) is 37.2 Å². The largest absolute Gasteiger partial charge is 0.458 e. The third-order valence-corrected chi connectivity index (χ3v) is 8.28. The molecule has 2 aromatic carbocycles. The number of esters is 1. The van der Waals surface area contributed by atoms with Gasteiger partial charge in [0.15, 0.2) is 5.15 Å². The summed E-state index contributed by atoms with van der Waals surface area (Å²) in [6.07, 6.45) is 6.55. The minimum atomic E-state index is -0.560. The zero-order valence-electron chi connectivity index (χ0n) is 23.4. The highest BCUT2D eigenvalue weighted by molar-refractivity contribution is 6.30. The van der Waals surface area contributed by atoms with Gasteiger partial charge in [0, 0.05) is 18.5 Å². The molecular weight excluding hydrogens is 526 g/mol. The SMILES string of the molecule is CCCCc1nc(Cl)c(COC(=O)C2(N(C)C)CCCC2)n1Cc1ccc(-c2ccccc2-c2nn[nH]n2)cc1. The van der Waals surface area contributed by atoms with Gasteiger partial charge in [0.2, 0.25) is 5.82 Å². The molecule has 40 heavy (non-hydrogen) atoms. The minimum Gasteiger partial charge on any atom is -0.458 e. The highest BCUT2D eigenvalue weighted by atomic mass is 35.5. The second-order valence-electron chi connectivity index (χ2n) is 10.6. The van der Waals surface area contributed by atoms with Crippen LogP contribution in [-0.4, -0.2) is 60.7 Å². The van der Waals surface area contributed by atoms with Crippen molar-refractivity contribution in [2.24, 2.45) is 0 Å². The van der Waals surface area contributed by atoms with Gasteiger partial charge in [-0.2, -0.15) is 5.21 Å². The lowest BCUT2D eigenvalue weighted by atomic mass is 9.96. The van der Waals surface area contributed by atoms with Crippen LogP contribution in [0.2, 0.25) is 5.15 Å². The number of carbonyl (C=O) groups excluding carboxylic acids is 1. The van der Waals surface area contributed by atoms with Gasteiger partial charge >= 0.3 is 5.97 Å². The van der Waals surface area contributed by atoms with Gasteiger partial charge in [-0.05, 0) is 55.3 Å². The molecule has 1 fully saturated rings. The van der Waals surface area contributed by atoms with E-state index in [1.54, 1.807) is 0 Å². The molecule has 0 saturated heterocycles. The smallest absolute Gasteiger partial charge is 0.326 e. The van der Waals surface area contributed by atoms with E-state index in [0.29, 0.717) is 17.5 Å². The third-order valence-electron chi connectivity index (χ3n) is 7.98. The molecule has 0 amide bonds. The molecule has 1 N–H and O–H groups in total. The number of ether oxygens (including phenoxy) is 1. The number of hydrogen-bond acceptors (Lipinski definition) is 7. The van der Waals surface area contributed by atoms with Crippen LogP contribution in [0.4, 0.5) is 0 Å². The maximum Gasteiger partial charge on any atom is 0.326 e. The number of carbonyl (C=O) groups is 1. The number of hydrogen-bond donors (Lipinski definition) is 1. The number of rotatable bonds is 11. The molecule has 0 bridgehead atoms. The molecule has 2 aromatic heterocycles. The second-order valence-corrected chi connectivity index (χ2v) is 11.0. The Hall–Kier alpha value is -3.56. The summed E-state index contributed by atoms with van der Waals surface area (Å²) in [5.74, 6) is 1.28. The molecule has 0 aliphatic heterocycles. The Labute approximate surface area is 239 Å². The summed E-state index contributed by atoms with van der Waals surface area (Å²) in [7, 11) is 3.91. The Balaban J connectivity index is 1.39. The molecule has 4 aromatic rings. The highest BCUT2D eigenvalue weighted by Gasteiger charge is 2.44. The predicted molar refractivity (Wildman–Crippen MR) is 155 cm³/mol. The fraction of sp³-hybridized carbons (Fsp3) is 0.433. The summed E-state index contributed by atoms with van der Waals surface area (Å²) in [4.78, 5) is 20.0. The van der Waals surface area contributed by atoms with E-state index in [-0.39, 0.29) is 12.6 Å². The molecule has 0 atom stereocenters. The molecule has 10 heteroatoms. The summed E-state index contributed by atoms with van der Waals surface area (Å²) in [5.41, 5.74) is 4.27. The van der Waals surface area contributed by atoms with Gasteiger partial charge in [0.05, 0.1) is 5.69 Å². The van der Waals surface area contributed by atoms with Gasteiger partial charge in [-0.1, -0.05) is 86.3 Å². The van der Waals surface area contributed by atoms with Crippen LogP contribution >= 0.6 is 11.6 Å². The van der Waals surface area contributed by atoms with E-state index >= 15 is 0 Å². The van der Waals surface area contributed by atoms with Crippen molar-refractivity contribution >= 4 is 17.6 Å². The monoisotopic (exact) mass is 561 g/mol. The topological polar surface area (TPSA) is 102 Å². The number of H-pyrrole nitrogens is 1. The number of tetrazole rings is 1. The number of aromatic amines is 1. The van der Waals surface area contributed by atoms with E-state index in [9.17, 15) is 4.79 Å². The number of halogens is 1. The lowest BCUT2D eigenvalue weighted by Crippen LogP contribution is -2.49. The van der Waals surface area contributed by atoms with Crippen molar-refractivity contribution in [3.63, 3.8) is 0 Å². The summed E-state index contributed by atoms with van der Waals surface area (Å²) >= 11 is 6.65. The predicted octanol–water partition coefficient (Wildman–Crippen LogP) is 5.69. The molecular formula is C30H36ClN7O2. The van der Waals surface area contributed by atoms with Crippen molar-refractivity contribution in [1.82, 2.24) is 35.1 Å². The normalized spacial score (nSPS) is 14.6. The zero-order chi connectivity index (χ0) is 28.1. The molecule has 0 unspecified atom stereocenters. The molecule has 0 spiro atoms. The Morgan fingerprint density at radius 1 is 1.10 bits per heavy atom. The Morgan fingerprint density at radius 3 is 2.48 bits per heavy atom. The number of likely N-dealkylation sites (N-methyl/N-ethyl adjacent to an activating group) is 1. The number of nitrogens with zero attached hydrogens (tertiary/aromatic N) is 6. The summed E-state index contributed by atoms with van der Waals surface area (Å²) in [6.45, 7) is 2.84. The molecule has 210 valence electrons. The van der Waals surface area contributed by atoms with Crippen molar-refractivity contribution < 1.29 is 9.53 Å². The highest BCUT2D eigenvalue weighted by Crippen LogP contribution is 2.35. The van der Waals surface area contributed by atoms with Crippen LogP contribution in [0.25, 0.3) is 22.5 Å². The first-order valence-electron chi connectivity index (χ1n) is 13.9. The van der Waals surface area contributed by atoms with Crippen LogP contribution in [0.1, 0.15) is 62.5 Å². The summed E-state index contributed by atoms with van der Waals surface area (Å²) in [6, 6.07) is 16.4. The van der Waals surface area contributed by atoms with Crippen molar-refractivity contribution in [1.29, 1.82) is 0 Å². The summed E-state index contributed by atoms with van der Waals surface area (Å²) < 4.78 is 8.05. The van der Waals surface area contributed by atoms with Gasteiger partial charge < -0.3 is 9.30 Å². The van der Waals surface area contributed by atoms with E-state index in [4.69, 9.17) is 16.3 Å². The molecule has 1 saturated carbocycles. The van der Waals surface area contributed by atoms with Gasteiger partial charge in [0.25, 0.3) is 0 Å². The molecule has 1 aliphatic rings. The first kappa shape index (κ1) is 28.0. The zero-order valence-corrected chi connectivity index (χ0v) is 24.1. The van der Waals surface area contributed by atoms with Crippen LogP contribution in [0.3, 0.4) is 0 Å². The van der Waals surface area contributed by atoms with E-state index < -0.39 is 5.54 Å². The maximum absolute atomic E-state index is 13.3. The number of aromatic nitrogens is 6. The number of nitrogens with one attached hydrogen (secondary N) is 1. The maximum atomic E-state index is 13.3. The number of aryl methyl sites for hydroxylation is 1. The Kier molecular flexibility index (Phi) is 8.61. The fourth-order valence-corrected chi connectivity index (χ4v) is 5.85. The number of benzene rings is 2. The fourth-order valence-electron chi connectivity index (χ4n) is 5.60. The van der Waals surface area contributed by atoms with Crippen molar-refractivity contribution in [2.45, 2.75) is 70.6 Å². The van der Waals surface area contributed by atoms with E-state index in [2.05, 4.69) is 67.4 Å². The van der Waals surface area contributed by atoms with Crippen molar-refractivity contribution in [3.05, 3.63) is 70.8 Å². The Bertz CT molecular complexity index is 1430. The average Bonchev–Trinajstić information content (AvgIpc) is 3.73. The van der Waals surface area contributed by atoms with Gasteiger partial charge in [-0.15, -0.1) is 10.2 Å². The van der Waals surface area contributed by atoms with Crippen molar-refractivity contribution in [2.75, 3.05) is 14.1 Å². The van der Waals surface area contributed by atoms with Crippen molar-refractivity contribution in [3.8, 4) is 22.5 Å². The van der Waals surface area contributed by atoms with Gasteiger partial charge in [-0.3, -0.25) is 9.69 Å². The molecule has 0 radical (unpaired) electrons. The van der Waals surface area contributed by atoms with Gasteiger partial charge in [0.1, 0.15) is 18.0 Å². The van der Waals surface area contributed by atoms with Crippen LogP contribution in [-0.2, 0) is 29.1 Å². The van der Waals surface area contributed by atoms with Crippen LogP contribution in [0.15, 0.2) is 48.5 Å². The van der Waals surface area contributed by atoms with Gasteiger partial charge in [-0.25, -0.2) is 4.98 Å². The van der Waals surface area contributed by atoms with Crippen LogP contribution in [0.5, 0.6) is 0 Å². The lowest BCUT2D eigenvalue weighted by molar-refractivity contribution is -0.158. The lowest BCUT2D eigenvalue weighted by Gasteiger charge is -2.33. The molecule has 2 heterocycles. The minimum absolute atomic E-state index is 0.0997. The molecule has 1 aliphatic carbocycles. The quantitative estimate of drug-likeness (QED) is 0.235. The first-order valence-corrected chi connectivity index (χ1v) is 14.3. The summed E-state index contributed by atoms with van der Waals surface area (Å²) in [5, 5.41) is 14.9.